The van der Waals surface area contributed by atoms with Gasteiger partial charge in [-0.3, -0.25) is 4.79 Å². The van der Waals surface area contributed by atoms with Gasteiger partial charge in [0.1, 0.15) is 5.75 Å². The van der Waals surface area contributed by atoms with Gasteiger partial charge in [0.15, 0.2) is 0 Å². The molecule has 0 bridgehead atoms. The molecule has 0 radical (unpaired) electrons. The highest BCUT2D eigenvalue weighted by molar-refractivity contribution is 5.94. The number of ether oxygens (including phenoxy) is 1. The Kier molecular flexibility index (Phi) is 8.00. The van der Waals surface area contributed by atoms with Crippen molar-refractivity contribution in [1.82, 2.24) is 9.80 Å². The van der Waals surface area contributed by atoms with Gasteiger partial charge in [-0.25, -0.2) is 0 Å². The normalized spacial score (nSPS) is 20.3. The molecule has 150 valence electrons. The maximum absolute atomic E-state index is 13.0. The van der Waals surface area contributed by atoms with E-state index in [1.54, 1.807) is 0 Å². The Labute approximate surface area is 164 Å². The van der Waals surface area contributed by atoms with Gasteiger partial charge in [-0.2, -0.15) is 0 Å². The van der Waals surface area contributed by atoms with Crippen LogP contribution in [0.25, 0.3) is 0 Å². The van der Waals surface area contributed by atoms with E-state index in [2.05, 4.69) is 16.7 Å². The average molecular weight is 373 g/mol. The summed E-state index contributed by atoms with van der Waals surface area (Å²) in [5.41, 5.74) is 0.790. The molecular formula is C23H36N2O2. The molecule has 2 aliphatic rings. The van der Waals surface area contributed by atoms with Crippen LogP contribution in [-0.4, -0.2) is 54.5 Å². The highest BCUT2D eigenvalue weighted by atomic mass is 16.5. The molecule has 0 spiro atoms. The number of hydrogen-bond acceptors (Lipinski definition) is 3. The molecule has 2 saturated heterocycles. The Balaban J connectivity index is 1.46. The zero-order valence-corrected chi connectivity index (χ0v) is 17.0. The highest BCUT2D eigenvalue weighted by Crippen LogP contribution is 2.23. The Morgan fingerprint density at radius 3 is 2.48 bits per heavy atom. The van der Waals surface area contributed by atoms with Crippen molar-refractivity contribution >= 4 is 5.91 Å². The van der Waals surface area contributed by atoms with Crippen molar-refractivity contribution in [3.05, 3.63) is 29.8 Å². The summed E-state index contributed by atoms with van der Waals surface area (Å²) < 4.78 is 5.82. The van der Waals surface area contributed by atoms with Crippen LogP contribution >= 0.6 is 0 Å². The van der Waals surface area contributed by atoms with Crippen LogP contribution in [0.4, 0.5) is 0 Å². The molecule has 2 fully saturated rings. The van der Waals surface area contributed by atoms with Crippen LogP contribution < -0.4 is 4.74 Å². The van der Waals surface area contributed by atoms with Crippen LogP contribution in [0.15, 0.2) is 24.3 Å². The molecule has 0 aromatic heterocycles. The molecule has 0 aliphatic carbocycles. The van der Waals surface area contributed by atoms with Crippen molar-refractivity contribution in [2.45, 2.75) is 70.8 Å². The van der Waals surface area contributed by atoms with Crippen LogP contribution in [0.3, 0.4) is 0 Å². The molecule has 1 atom stereocenters. The first kappa shape index (κ1) is 20.2. The Morgan fingerprint density at radius 2 is 1.74 bits per heavy atom. The van der Waals surface area contributed by atoms with Crippen molar-refractivity contribution in [3.63, 3.8) is 0 Å². The number of amides is 1. The standard InChI is InChI=1S/C23H36N2O2/c1-2-3-4-5-8-18-27-22-13-11-20(12-14-22)23(26)25-17-9-10-21(25)19-24-15-6-7-16-24/h11-14,21H,2-10,15-19H2,1H3. The fraction of sp³-hybridized carbons (Fsp3) is 0.696. The molecule has 1 amide bonds. The number of hydrogen-bond donors (Lipinski definition) is 0. The number of nitrogens with zero attached hydrogens (tertiary/aromatic N) is 2. The minimum absolute atomic E-state index is 0.183. The molecule has 4 nitrogen and oxygen atoms in total. The van der Waals surface area contributed by atoms with Gasteiger partial charge < -0.3 is 14.5 Å². The Bertz CT molecular complexity index is 566. The summed E-state index contributed by atoms with van der Waals surface area (Å²) in [7, 11) is 0. The predicted octanol–water partition coefficient (Wildman–Crippen LogP) is 4.74. The summed E-state index contributed by atoms with van der Waals surface area (Å²) in [5, 5.41) is 0. The maximum Gasteiger partial charge on any atom is 0.254 e. The van der Waals surface area contributed by atoms with E-state index in [4.69, 9.17) is 4.74 Å². The molecule has 1 aromatic carbocycles. The number of rotatable bonds is 10. The summed E-state index contributed by atoms with van der Waals surface area (Å²) in [5.74, 6) is 1.06. The van der Waals surface area contributed by atoms with E-state index in [1.807, 2.05) is 24.3 Å². The lowest BCUT2D eigenvalue weighted by molar-refractivity contribution is 0.0708. The molecule has 2 aliphatic heterocycles. The Morgan fingerprint density at radius 1 is 1.00 bits per heavy atom. The topological polar surface area (TPSA) is 32.8 Å². The van der Waals surface area contributed by atoms with Crippen molar-refractivity contribution < 1.29 is 9.53 Å². The third kappa shape index (κ3) is 5.97. The van der Waals surface area contributed by atoms with Crippen molar-refractivity contribution in [3.8, 4) is 5.75 Å². The second kappa shape index (κ2) is 10.7. The van der Waals surface area contributed by atoms with Crippen LogP contribution in [-0.2, 0) is 0 Å². The smallest absolute Gasteiger partial charge is 0.254 e. The lowest BCUT2D eigenvalue weighted by Crippen LogP contribution is -2.42. The van der Waals surface area contributed by atoms with Gasteiger partial charge in [0.2, 0.25) is 0 Å². The fourth-order valence-corrected chi connectivity index (χ4v) is 4.31. The molecule has 0 N–H and O–H groups in total. The van der Waals surface area contributed by atoms with Crippen LogP contribution in [0, 0.1) is 0 Å². The first-order valence-electron chi connectivity index (χ1n) is 11.0. The summed E-state index contributed by atoms with van der Waals surface area (Å²) in [4.78, 5) is 17.6. The van der Waals surface area contributed by atoms with E-state index >= 15 is 0 Å². The number of unbranched alkanes of at least 4 members (excludes halogenated alkanes) is 4. The first-order chi connectivity index (χ1) is 13.3. The molecule has 2 heterocycles. The average Bonchev–Trinajstić information content (AvgIpc) is 3.37. The fourth-order valence-electron chi connectivity index (χ4n) is 4.31. The summed E-state index contributed by atoms with van der Waals surface area (Å²) >= 11 is 0. The number of carbonyl (C=O) groups is 1. The lowest BCUT2D eigenvalue weighted by Gasteiger charge is -2.28. The summed E-state index contributed by atoms with van der Waals surface area (Å²) in [6.45, 7) is 7.33. The molecule has 1 unspecified atom stereocenters. The van der Waals surface area contributed by atoms with Crippen LogP contribution in [0.2, 0.25) is 0 Å². The predicted molar refractivity (Wildman–Crippen MR) is 110 cm³/mol. The number of carbonyl (C=O) groups excluding carboxylic acids is 1. The monoisotopic (exact) mass is 372 g/mol. The molecule has 27 heavy (non-hydrogen) atoms. The van der Waals surface area contributed by atoms with Gasteiger partial charge in [-0.1, -0.05) is 32.6 Å². The van der Waals surface area contributed by atoms with E-state index in [1.165, 1.54) is 51.6 Å². The summed E-state index contributed by atoms with van der Waals surface area (Å²) in [6.07, 6.45) is 11.1. The highest BCUT2D eigenvalue weighted by Gasteiger charge is 2.31. The van der Waals surface area contributed by atoms with E-state index < -0.39 is 0 Å². The molecule has 1 aromatic rings. The van der Waals surface area contributed by atoms with Gasteiger partial charge in [-0.15, -0.1) is 0 Å². The van der Waals surface area contributed by atoms with E-state index in [0.717, 1.165) is 50.3 Å². The van der Waals surface area contributed by atoms with Crippen molar-refractivity contribution in [2.24, 2.45) is 0 Å². The molecular weight excluding hydrogens is 336 g/mol. The maximum atomic E-state index is 13.0. The zero-order valence-electron chi connectivity index (χ0n) is 17.0. The zero-order chi connectivity index (χ0) is 18.9. The second-order valence-corrected chi connectivity index (χ2v) is 8.09. The molecule has 3 rings (SSSR count). The van der Waals surface area contributed by atoms with Crippen LogP contribution in [0.5, 0.6) is 5.75 Å². The van der Waals surface area contributed by atoms with E-state index in [0.29, 0.717) is 6.04 Å². The molecule has 0 saturated carbocycles. The lowest BCUT2D eigenvalue weighted by atomic mass is 10.1. The second-order valence-electron chi connectivity index (χ2n) is 8.09. The van der Waals surface area contributed by atoms with E-state index in [9.17, 15) is 4.79 Å². The van der Waals surface area contributed by atoms with Crippen molar-refractivity contribution in [2.75, 3.05) is 32.8 Å². The third-order valence-electron chi connectivity index (χ3n) is 5.92. The van der Waals surface area contributed by atoms with Gasteiger partial charge in [-0.05, 0) is 69.5 Å². The van der Waals surface area contributed by atoms with Gasteiger partial charge >= 0.3 is 0 Å². The summed E-state index contributed by atoms with van der Waals surface area (Å²) in [6, 6.07) is 8.14. The van der Waals surface area contributed by atoms with Crippen molar-refractivity contribution in [1.29, 1.82) is 0 Å². The van der Waals surface area contributed by atoms with E-state index in [-0.39, 0.29) is 5.91 Å². The first-order valence-corrected chi connectivity index (χ1v) is 11.0. The van der Waals surface area contributed by atoms with Gasteiger partial charge in [0.25, 0.3) is 5.91 Å². The number of likely N-dealkylation sites (tertiary alicyclic amines) is 2. The largest absolute Gasteiger partial charge is 0.494 e. The Hall–Kier alpha value is -1.55. The minimum atomic E-state index is 0.183. The number of benzene rings is 1. The third-order valence-corrected chi connectivity index (χ3v) is 5.92. The quantitative estimate of drug-likeness (QED) is 0.556. The van der Waals surface area contributed by atoms with Crippen LogP contribution in [0.1, 0.15) is 75.1 Å². The van der Waals surface area contributed by atoms with Gasteiger partial charge in [0.05, 0.1) is 6.61 Å². The minimum Gasteiger partial charge on any atom is -0.494 e. The molecule has 4 heteroatoms. The SMILES string of the molecule is CCCCCCCOc1ccc(C(=O)N2CCCC2CN2CCCC2)cc1. The van der Waals surface area contributed by atoms with Gasteiger partial charge in [0, 0.05) is 24.7 Å².